The first kappa shape index (κ1) is 21.9. The van der Waals surface area contributed by atoms with Gasteiger partial charge in [-0.2, -0.15) is 0 Å². The molecular formula is C22H21ClF2N2O3S. The lowest BCUT2D eigenvalue weighted by atomic mass is 10.1. The lowest BCUT2D eigenvalue weighted by Crippen LogP contribution is -2.11. The van der Waals surface area contributed by atoms with E-state index in [9.17, 15) is 17.2 Å². The minimum Gasteiger partial charge on any atom is -0.365 e. The molecule has 0 bridgehead atoms. The number of nitrogens with one attached hydrogen (secondary N) is 1. The van der Waals surface area contributed by atoms with E-state index in [0.717, 1.165) is 18.2 Å². The minimum absolute atomic E-state index is 0.0556. The Hall–Kier alpha value is -2.29. The molecule has 0 radical (unpaired) electrons. The van der Waals surface area contributed by atoms with E-state index in [4.69, 9.17) is 16.3 Å². The van der Waals surface area contributed by atoms with E-state index in [2.05, 4.69) is 9.97 Å². The number of hydrogen-bond acceptors (Lipinski definition) is 4. The molecule has 164 valence electrons. The molecule has 9 heteroatoms. The first-order valence-corrected chi connectivity index (χ1v) is 12.0. The normalized spacial score (nSPS) is 19.4. The Balaban J connectivity index is 1.58. The van der Waals surface area contributed by atoms with E-state index in [0.29, 0.717) is 23.7 Å². The Bertz CT molecular complexity index is 1210. The molecule has 1 saturated carbocycles. The standard InChI is InChI=1S/C22H21ClF2N2O3S/c1-12-22(31(2,28)29)27-21(26-12)20(14-5-8-19(25)18(23)10-14)30-11-15-9-17(15)13-3-6-16(24)7-4-13/h3-8,10,15,17,20H,9,11H2,1-2H3,(H,26,27)/t15-,17-,20?/m0/s1. The van der Waals surface area contributed by atoms with Gasteiger partial charge in [0.25, 0.3) is 0 Å². The SMILES string of the molecule is Cc1[nH]c(C(OC[C@@H]2C[C@H]2c2ccc(F)cc2)c2ccc(F)c(Cl)c2)nc1S(C)(=O)=O. The summed E-state index contributed by atoms with van der Waals surface area (Å²) in [4.78, 5) is 7.23. The topological polar surface area (TPSA) is 72.0 Å². The molecule has 3 atom stereocenters. The maximum atomic E-state index is 13.7. The van der Waals surface area contributed by atoms with E-state index in [1.807, 2.05) is 0 Å². The van der Waals surface area contributed by atoms with Crippen molar-refractivity contribution in [1.82, 2.24) is 9.97 Å². The van der Waals surface area contributed by atoms with Crippen LogP contribution < -0.4 is 0 Å². The smallest absolute Gasteiger partial charge is 0.194 e. The van der Waals surface area contributed by atoms with Crippen molar-refractivity contribution in [1.29, 1.82) is 0 Å². The van der Waals surface area contributed by atoms with Crippen LogP contribution in [0.15, 0.2) is 47.5 Å². The number of rotatable bonds is 7. The highest BCUT2D eigenvalue weighted by Gasteiger charge is 2.39. The van der Waals surface area contributed by atoms with Gasteiger partial charge in [0, 0.05) is 6.26 Å². The monoisotopic (exact) mass is 466 g/mol. The van der Waals surface area contributed by atoms with Gasteiger partial charge < -0.3 is 9.72 Å². The molecule has 1 fully saturated rings. The number of benzene rings is 2. The number of nitrogens with zero attached hydrogens (tertiary/aromatic N) is 1. The zero-order valence-corrected chi connectivity index (χ0v) is 18.5. The molecule has 1 N–H and O–H groups in total. The Labute approximate surface area is 184 Å². The molecule has 0 aliphatic heterocycles. The highest BCUT2D eigenvalue weighted by atomic mass is 35.5. The van der Waals surface area contributed by atoms with Gasteiger partial charge in [-0.15, -0.1) is 0 Å². The van der Waals surface area contributed by atoms with Crippen LogP contribution in [0.4, 0.5) is 8.78 Å². The molecule has 1 aliphatic rings. The summed E-state index contributed by atoms with van der Waals surface area (Å²) in [6, 6.07) is 10.6. The lowest BCUT2D eigenvalue weighted by Gasteiger charge is -2.17. The summed E-state index contributed by atoms with van der Waals surface area (Å²) >= 11 is 5.96. The largest absolute Gasteiger partial charge is 0.365 e. The number of hydrogen-bond donors (Lipinski definition) is 1. The molecule has 0 amide bonds. The third-order valence-corrected chi connectivity index (χ3v) is 6.79. The fraction of sp³-hybridized carbons (Fsp3) is 0.318. The van der Waals surface area contributed by atoms with Crippen LogP contribution in [0.25, 0.3) is 0 Å². The summed E-state index contributed by atoms with van der Waals surface area (Å²) in [5, 5.41) is -0.117. The Morgan fingerprint density at radius 3 is 2.55 bits per heavy atom. The van der Waals surface area contributed by atoms with Crippen LogP contribution in [-0.2, 0) is 14.6 Å². The van der Waals surface area contributed by atoms with Gasteiger partial charge in [-0.3, -0.25) is 0 Å². The summed E-state index contributed by atoms with van der Waals surface area (Å²) in [6.45, 7) is 1.99. The van der Waals surface area contributed by atoms with Crippen LogP contribution in [0.5, 0.6) is 0 Å². The number of imidazole rings is 1. The molecule has 0 spiro atoms. The first-order valence-electron chi connectivity index (χ1n) is 9.72. The second kappa shape index (κ2) is 8.33. The van der Waals surface area contributed by atoms with Crippen molar-refractivity contribution in [2.45, 2.75) is 30.4 Å². The Kier molecular flexibility index (Phi) is 5.89. The van der Waals surface area contributed by atoms with Gasteiger partial charge in [0.2, 0.25) is 0 Å². The Morgan fingerprint density at radius 2 is 1.94 bits per heavy atom. The molecule has 0 saturated heterocycles. The minimum atomic E-state index is -3.53. The number of ether oxygens (including phenoxy) is 1. The number of aromatic amines is 1. The predicted molar refractivity (Wildman–Crippen MR) is 113 cm³/mol. The van der Waals surface area contributed by atoms with E-state index in [1.165, 1.54) is 30.3 Å². The summed E-state index contributed by atoms with van der Waals surface area (Å²) in [6.07, 6.45) is 1.23. The van der Waals surface area contributed by atoms with Gasteiger partial charge in [0.05, 0.1) is 17.3 Å². The van der Waals surface area contributed by atoms with Crippen LogP contribution in [0.3, 0.4) is 0 Å². The molecule has 5 nitrogen and oxygen atoms in total. The average molecular weight is 467 g/mol. The fourth-order valence-corrected chi connectivity index (χ4v) is 4.79. The van der Waals surface area contributed by atoms with Gasteiger partial charge in [0.1, 0.15) is 23.6 Å². The van der Waals surface area contributed by atoms with Gasteiger partial charge in [-0.25, -0.2) is 22.2 Å². The van der Waals surface area contributed by atoms with E-state index < -0.39 is 21.8 Å². The highest BCUT2D eigenvalue weighted by Crippen LogP contribution is 2.48. The van der Waals surface area contributed by atoms with E-state index in [1.54, 1.807) is 19.1 Å². The number of sulfone groups is 1. The molecular weight excluding hydrogens is 446 g/mol. The summed E-state index contributed by atoms with van der Waals surface area (Å²) < 4.78 is 57.0. The lowest BCUT2D eigenvalue weighted by molar-refractivity contribution is 0.0654. The van der Waals surface area contributed by atoms with Crippen molar-refractivity contribution in [2.24, 2.45) is 5.92 Å². The number of aromatic nitrogens is 2. The van der Waals surface area contributed by atoms with Crippen LogP contribution in [0.2, 0.25) is 5.02 Å². The van der Waals surface area contributed by atoms with Crippen molar-refractivity contribution in [3.8, 4) is 0 Å². The molecule has 1 unspecified atom stereocenters. The van der Waals surface area contributed by atoms with Gasteiger partial charge in [-0.05, 0) is 60.6 Å². The maximum Gasteiger partial charge on any atom is 0.194 e. The molecule has 1 heterocycles. The fourth-order valence-electron chi connectivity index (χ4n) is 3.73. The zero-order valence-electron chi connectivity index (χ0n) is 16.9. The number of H-pyrrole nitrogens is 1. The quantitative estimate of drug-likeness (QED) is 0.534. The molecule has 3 aromatic rings. The van der Waals surface area contributed by atoms with Crippen LogP contribution >= 0.6 is 11.6 Å². The summed E-state index contributed by atoms with van der Waals surface area (Å²) in [5.74, 6) is -0.0348. The van der Waals surface area contributed by atoms with Gasteiger partial charge >= 0.3 is 0 Å². The van der Waals surface area contributed by atoms with E-state index in [-0.39, 0.29) is 27.7 Å². The maximum absolute atomic E-state index is 13.7. The van der Waals surface area contributed by atoms with E-state index >= 15 is 0 Å². The molecule has 1 aromatic heterocycles. The molecule has 31 heavy (non-hydrogen) atoms. The molecule has 2 aromatic carbocycles. The average Bonchev–Trinajstić information content (AvgIpc) is 3.36. The van der Waals surface area contributed by atoms with Crippen LogP contribution in [0.1, 0.15) is 41.1 Å². The zero-order chi connectivity index (χ0) is 22.3. The predicted octanol–water partition coefficient (Wildman–Crippen LogP) is 4.96. The van der Waals surface area contributed by atoms with Crippen molar-refractivity contribution in [2.75, 3.05) is 12.9 Å². The molecule has 1 aliphatic carbocycles. The summed E-state index contributed by atoms with van der Waals surface area (Å²) in [5.41, 5.74) is 2.00. The third kappa shape index (κ3) is 4.81. The van der Waals surface area contributed by atoms with Gasteiger partial charge in [0.15, 0.2) is 14.9 Å². The highest BCUT2D eigenvalue weighted by molar-refractivity contribution is 7.90. The number of halogens is 3. The third-order valence-electron chi connectivity index (χ3n) is 5.40. The second-order valence-electron chi connectivity index (χ2n) is 7.87. The Morgan fingerprint density at radius 1 is 1.23 bits per heavy atom. The first-order chi connectivity index (χ1) is 14.6. The summed E-state index contributed by atoms with van der Waals surface area (Å²) in [7, 11) is -3.53. The van der Waals surface area contributed by atoms with Crippen LogP contribution in [0, 0.1) is 24.5 Å². The van der Waals surface area contributed by atoms with Crippen molar-refractivity contribution in [3.05, 3.63) is 81.8 Å². The van der Waals surface area contributed by atoms with Gasteiger partial charge in [-0.1, -0.05) is 29.8 Å². The van der Waals surface area contributed by atoms with Crippen molar-refractivity contribution < 1.29 is 21.9 Å². The van der Waals surface area contributed by atoms with Crippen LogP contribution in [-0.4, -0.2) is 31.2 Å². The second-order valence-corrected chi connectivity index (χ2v) is 10.2. The van der Waals surface area contributed by atoms with Crippen molar-refractivity contribution >= 4 is 21.4 Å². The van der Waals surface area contributed by atoms with Crippen molar-refractivity contribution in [3.63, 3.8) is 0 Å². The number of aryl methyl sites for hydroxylation is 1. The molecule has 4 rings (SSSR count).